The highest BCUT2D eigenvalue weighted by atomic mass is 16.6. The highest BCUT2D eigenvalue weighted by Crippen LogP contribution is 2.25. The zero-order chi connectivity index (χ0) is 35.5. The van der Waals surface area contributed by atoms with E-state index in [0.717, 1.165) is 6.42 Å². The smallest absolute Gasteiger partial charge is 0.337 e. The summed E-state index contributed by atoms with van der Waals surface area (Å²) in [7, 11) is 1.32. The fourth-order valence-electron chi connectivity index (χ4n) is 5.37. The molecule has 0 aliphatic carbocycles. The molecular weight excluding hydrogens is 624 g/mol. The van der Waals surface area contributed by atoms with Gasteiger partial charge in [0.1, 0.15) is 0 Å². The van der Waals surface area contributed by atoms with Gasteiger partial charge in [0.25, 0.3) is 23.4 Å². The van der Waals surface area contributed by atoms with Crippen LogP contribution in [0.1, 0.15) is 81.5 Å². The number of carbonyl (C=O) groups is 4. The van der Waals surface area contributed by atoms with E-state index in [1.165, 1.54) is 31.4 Å². The Balaban J connectivity index is 1.52. The van der Waals surface area contributed by atoms with Crippen LogP contribution in [0.15, 0.2) is 97.1 Å². The van der Waals surface area contributed by atoms with Gasteiger partial charge in [0.15, 0.2) is 0 Å². The number of rotatable bonds is 14. The van der Waals surface area contributed by atoms with E-state index in [-0.39, 0.29) is 23.4 Å². The molecule has 0 saturated carbocycles. The van der Waals surface area contributed by atoms with Crippen molar-refractivity contribution < 1.29 is 28.8 Å². The molecule has 11 nitrogen and oxygen atoms in total. The summed E-state index contributed by atoms with van der Waals surface area (Å²) in [5.74, 6) is -1.18. The molecule has 0 aliphatic heterocycles. The zero-order valence-corrected chi connectivity index (χ0v) is 28.1. The first-order valence-electron chi connectivity index (χ1n) is 16.2. The molecule has 0 bridgehead atoms. The van der Waals surface area contributed by atoms with Crippen molar-refractivity contribution in [2.24, 2.45) is 0 Å². The number of anilines is 3. The zero-order valence-electron chi connectivity index (χ0n) is 28.1. The lowest BCUT2D eigenvalue weighted by Gasteiger charge is -2.25. The number of hydrogen-bond acceptors (Lipinski definition) is 7. The molecule has 49 heavy (non-hydrogen) atoms. The number of nitrogens with zero attached hydrogens (tertiary/aromatic N) is 4. The molecule has 4 aromatic rings. The van der Waals surface area contributed by atoms with E-state index in [4.69, 9.17) is 4.74 Å². The minimum atomic E-state index is -0.513. The number of carbonyl (C=O) groups excluding carboxylic acids is 4. The Labute approximate surface area is 285 Å². The Hall–Kier alpha value is -5.84. The van der Waals surface area contributed by atoms with Crippen LogP contribution in [0.4, 0.5) is 22.7 Å². The maximum Gasteiger partial charge on any atom is 0.337 e. The standard InChI is InChI=1S/C38H40N4O7/c1-5-24-39(31-16-10-28(11-17-31)36(44)41(26-7-3)33-20-14-30(15-21-33)38(46)49-4)35(43)27-8-18-32(19-9-27)40(25-6-2)37(45)29-12-22-34(23-13-29)42(47)48/h8-23H,5-7,24-26H2,1-4H3. The topological polar surface area (TPSA) is 130 Å². The number of benzene rings is 4. The van der Waals surface area contributed by atoms with Crippen molar-refractivity contribution in [2.45, 2.75) is 40.0 Å². The number of ether oxygens (including phenoxy) is 1. The molecule has 0 unspecified atom stereocenters. The van der Waals surface area contributed by atoms with Gasteiger partial charge >= 0.3 is 5.97 Å². The Morgan fingerprint density at radius 1 is 0.531 bits per heavy atom. The maximum absolute atomic E-state index is 13.8. The first-order chi connectivity index (χ1) is 23.6. The minimum Gasteiger partial charge on any atom is -0.465 e. The summed E-state index contributed by atoms with van der Waals surface area (Å²) >= 11 is 0. The molecule has 4 aromatic carbocycles. The van der Waals surface area contributed by atoms with Gasteiger partial charge in [-0.05, 0) is 104 Å². The maximum atomic E-state index is 13.8. The molecule has 0 atom stereocenters. The van der Waals surface area contributed by atoms with Gasteiger partial charge in [-0.15, -0.1) is 0 Å². The minimum absolute atomic E-state index is 0.0956. The van der Waals surface area contributed by atoms with E-state index in [9.17, 15) is 29.3 Å². The molecule has 0 aliphatic rings. The van der Waals surface area contributed by atoms with Crippen LogP contribution >= 0.6 is 0 Å². The third-order valence-corrected chi connectivity index (χ3v) is 7.85. The van der Waals surface area contributed by atoms with Crippen LogP contribution < -0.4 is 14.7 Å². The van der Waals surface area contributed by atoms with Gasteiger partial charge in [-0.2, -0.15) is 0 Å². The summed E-state index contributed by atoms with van der Waals surface area (Å²) in [6.07, 6.45) is 2.10. The molecule has 0 radical (unpaired) electrons. The Bertz CT molecular complexity index is 1770. The van der Waals surface area contributed by atoms with Gasteiger partial charge in [0, 0.05) is 65.5 Å². The van der Waals surface area contributed by atoms with Crippen LogP contribution in [0.2, 0.25) is 0 Å². The SMILES string of the molecule is CCCN(C(=O)c1ccc(N(CCC)C(=O)c2ccc(N(CCC)C(=O)c3ccc([N+](=O)[O-])cc3)cc2)cc1)c1ccc(C(=O)OC)cc1. The van der Waals surface area contributed by atoms with E-state index in [1.54, 1.807) is 87.5 Å². The normalized spacial score (nSPS) is 10.6. The Kier molecular flexibility index (Phi) is 12.4. The number of hydrogen-bond donors (Lipinski definition) is 0. The Morgan fingerprint density at radius 2 is 0.816 bits per heavy atom. The van der Waals surface area contributed by atoms with Gasteiger partial charge in [0.2, 0.25) is 0 Å². The average molecular weight is 665 g/mol. The molecule has 254 valence electrons. The fraction of sp³-hybridized carbons (Fsp3) is 0.263. The fourth-order valence-corrected chi connectivity index (χ4v) is 5.37. The van der Waals surface area contributed by atoms with Crippen LogP contribution in [-0.4, -0.2) is 55.4 Å². The lowest BCUT2D eigenvalue weighted by molar-refractivity contribution is -0.384. The molecule has 0 fully saturated rings. The first kappa shape index (κ1) is 36.0. The largest absolute Gasteiger partial charge is 0.465 e. The molecule has 11 heteroatoms. The number of nitro groups is 1. The van der Waals surface area contributed by atoms with E-state index < -0.39 is 10.9 Å². The van der Waals surface area contributed by atoms with Gasteiger partial charge < -0.3 is 19.4 Å². The second-order valence-corrected chi connectivity index (χ2v) is 11.3. The van der Waals surface area contributed by atoms with Gasteiger partial charge in [0.05, 0.1) is 17.6 Å². The van der Waals surface area contributed by atoms with Crippen molar-refractivity contribution in [1.82, 2.24) is 0 Å². The van der Waals surface area contributed by atoms with Crippen LogP contribution in [-0.2, 0) is 4.74 Å². The first-order valence-corrected chi connectivity index (χ1v) is 16.2. The Morgan fingerprint density at radius 3 is 1.08 bits per heavy atom. The van der Waals surface area contributed by atoms with Crippen LogP contribution in [0.25, 0.3) is 0 Å². The van der Waals surface area contributed by atoms with Crippen molar-refractivity contribution in [3.8, 4) is 0 Å². The van der Waals surface area contributed by atoms with Crippen molar-refractivity contribution in [3.05, 3.63) is 129 Å². The molecule has 4 rings (SSSR count). The van der Waals surface area contributed by atoms with E-state index in [2.05, 4.69) is 0 Å². The second-order valence-electron chi connectivity index (χ2n) is 11.3. The number of non-ortho nitro benzene ring substituents is 1. The third-order valence-electron chi connectivity index (χ3n) is 7.85. The van der Waals surface area contributed by atoms with Crippen LogP contribution in [0, 0.1) is 10.1 Å². The molecule has 0 heterocycles. The van der Waals surface area contributed by atoms with Gasteiger partial charge in [-0.1, -0.05) is 20.8 Å². The van der Waals surface area contributed by atoms with E-state index >= 15 is 0 Å². The number of nitro benzene ring substituents is 1. The quantitative estimate of drug-likeness (QED) is 0.0773. The second kappa shape index (κ2) is 16.8. The van der Waals surface area contributed by atoms with Gasteiger partial charge in [-0.25, -0.2) is 4.79 Å². The van der Waals surface area contributed by atoms with Crippen molar-refractivity contribution in [3.63, 3.8) is 0 Å². The number of methoxy groups -OCH3 is 1. The molecule has 3 amide bonds. The van der Waals surface area contributed by atoms with E-state index in [0.29, 0.717) is 71.8 Å². The number of esters is 1. The van der Waals surface area contributed by atoms with E-state index in [1.807, 2.05) is 20.8 Å². The highest BCUT2D eigenvalue weighted by molar-refractivity contribution is 6.09. The van der Waals surface area contributed by atoms with Crippen molar-refractivity contribution in [2.75, 3.05) is 41.4 Å². The number of amides is 3. The summed E-state index contributed by atoms with van der Waals surface area (Å²) in [6.45, 7) is 7.24. The van der Waals surface area contributed by atoms with Crippen molar-refractivity contribution >= 4 is 46.4 Å². The monoisotopic (exact) mass is 664 g/mol. The molecular formula is C38H40N4O7. The lowest BCUT2D eigenvalue weighted by atomic mass is 10.1. The summed E-state index contributed by atoms with van der Waals surface area (Å²) in [5.41, 5.74) is 3.40. The van der Waals surface area contributed by atoms with Crippen LogP contribution in [0.3, 0.4) is 0 Å². The lowest BCUT2D eigenvalue weighted by Crippen LogP contribution is -2.33. The molecule has 0 saturated heterocycles. The predicted octanol–water partition coefficient (Wildman–Crippen LogP) is 7.55. The van der Waals surface area contributed by atoms with Crippen molar-refractivity contribution in [1.29, 1.82) is 0 Å². The highest BCUT2D eigenvalue weighted by Gasteiger charge is 2.22. The predicted molar refractivity (Wildman–Crippen MR) is 190 cm³/mol. The molecule has 0 spiro atoms. The van der Waals surface area contributed by atoms with Gasteiger partial charge in [-0.3, -0.25) is 24.5 Å². The molecule has 0 aromatic heterocycles. The summed E-state index contributed by atoms with van der Waals surface area (Å²) in [6, 6.07) is 25.9. The molecule has 0 N–H and O–H groups in total. The summed E-state index contributed by atoms with van der Waals surface area (Å²) < 4.78 is 4.77. The third kappa shape index (κ3) is 8.55. The summed E-state index contributed by atoms with van der Waals surface area (Å²) in [5, 5.41) is 11.0. The average Bonchev–Trinajstić information content (AvgIpc) is 3.14. The summed E-state index contributed by atoms with van der Waals surface area (Å²) in [4.78, 5) is 67.9. The van der Waals surface area contributed by atoms with Crippen LogP contribution in [0.5, 0.6) is 0 Å².